The van der Waals surface area contributed by atoms with E-state index in [0.717, 1.165) is 30.9 Å². The van der Waals surface area contributed by atoms with Crippen LogP contribution in [0.25, 0.3) is 11.3 Å². The molecular weight excluding hydrogens is 250 g/mol. The summed E-state index contributed by atoms with van der Waals surface area (Å²) >= 11 is 0. The van der Waals surface area contributed by atoms with Gasteiger partial charge in [0.05, 0.1) is 19.0 Å². The Morgan fingerprint density at radius 1 is 1.20 bits per heavy atom. The molecule has 0 unspecified atom stereocenters. The topological polar surface area (TPSA) is 34.4 Å². The van der Waals surface area contributed by atoms with Gasteiger partial charge in [-0.1, -0.05) is 12.1 Å². The zero-order valence-corrected chi connectivity index (χ0v) is 11.5. The molecule has 2 aliphatic rings. The van der Waals surface area contributed by atoms with Crippen molar-refractivity contribution in [3.05, 3.63) is 47.7 Å². The number of fused-ring (bicyclic) bond motifs is 1. The third-order valence-corrected chi connectivity index (χ3v) is 4.39. The monoisotopic (exact) mass is 269 g/mol. The van der Waals surface area contributed by atoms with Gasteiger partial charge in [0.1, 0.15) is 5.76 Å². The molecule has 2 atom stereocenters. The smallest absolute Gasteiger partial charge is 0.133 e. The minimum absolute atomic E-state index is 0.215. The van der Waals surface area contributed by atoms with Crippen molar-refractivity contribution >= 4 is 0 Å². The van der Waals surface area contributed by atoms with Gasteiger partial charge < -0.3 is 14.5 Å². The fourth-order valence-corrected chi connectivity index (χ4v) is 3.38. The lowest BCUT2D eigenvalue weighted by Gasteiger charge is -2.30. The van der Waals surface area contributed by atoms with E-state index >= 15 is 0 Å². The van der Waals surface area contributed by atoms with E-state index in [4.69, 9.17) is 9.15 Å². The highest BCUT2D eigenvalue weighted by molar-refractivity contribution is 5.60. The summed E-state index contributed by atoms with van der Waals surface area (Å²) in [7, 11) is 0. The van der Waals surface area contributed by atoms with Crippen LogP contribution in [0.4, 0.5) is 0 Å². The maximum Gasteiger partial charge on any atom is 0.133 e. The number of nitrogens with one attached hydrogen (secondary N) is 1. The molecule has 1 N–H and O–H groups in total. The molecule has 104 valence electrons. The van der Waals surface area contributed by atoms with Crippen LogP contribution in [0.15, 0.2) is 41.0 Å². The summed E-state index contributed by atoms with van der Waals surface area (Å²) in [5, 5.41) is 3.57. The highest BCUT2D eigenvalue weighted by Crippen LogP contribution is 2.35. The number of furan rings is 1. The number of hydrogen-bond donors (Lipinski definition) is 1. The van der Waals surface area contributed by atoms with E-state index in [-0.39, 0.29) is 6.10 Å². The number of hydrogen-bond acceptors (Lipinski definition) is 3. The van der Waals surface area contributed by atoms with Crippen LogP contribution >= 0.6 is 0 Å². The first-order chi connectivity index (χ1) is 9.92. The fourth-order valence-electron chi connectivity index (χ4n) is 3.38. The summed E-state index contributed by atoms with van der Waals surface area (Å²) in [5.74, 6) is 0.940. The Morgan fingerprint density at radius 3 is 3.00 bits per heavy atom. The fraction of sp³-hybridized carbons (Fsp3) is 0.412. The molecule has 0 radical (unpaired) electrons. The van der Waals surface area contributed by atoms with Gasteiger partial charge in [0.15, 0.2) is 0 Å². The zero-order chi connectivity index (χ0) is 13.4. The first-order valence-corrected chi connectivity index (χ1v) is 7.43. The highest BCUT2D eigenvalue weighted by Gasteiger charge is 2.30. The minimum Gasteiger partial charge on any atom is -0.464 e. The molecule has 3 heteroatoms. The van der Waals surface area contributed by atoms with E-state index < -0.39 is 0 Å². The Bertz CT molecular complexity index is 585. The van der Waals surface area contributed by atoms with Crippen LogP contribution in [0.1, 0.15) is 30.1 Å². The minimum atomic E-state index is 0.215. The van der Waals surface area contributed by atoms with Gasteiger partial charge in [0.25, 0.3) is 0 Å². The first kappa shape index (κ1) is 12.2. The lowest BCUT2D eigenvalue weighted by Crippen LogP contribution is -2.33. The average Bonchev–Trinajstić information content (AvgIpc) is 3.19. The molecule has 4 rings (SSSR count). The molecule has 3 nitrogen and oxygen atoms in total. The van der Waals surface area contributed by atoms with Crippen molar-refractivity contribution in [3.63, 3.8) is 0 Å². The van der Waals surface area contributed by atoms with Crippen molar-refractivity contribution in [1.29, 1.82) is 0 Å². The third-order valence-electron chi connectivity index (χ3n) is 4.39. The van der Waals surface area contributed by atoms with Crippen LogP contribution in [-0.2, 0) is 11.2 Å². The largest absolute Gasteiger partial charge is 0.464 e. The number of ether oxygens (including phenoxy) is 1. The van der Waals surface area contributed by atoms with Gasteiger partial charge in [-0.15, -0.1) is 0 Å². The Balaban J connectivity index is 1.69. The standard InChI is InChI=1S/C17H19NO2/c1-3-15(18-8-1)17-14-6-5-13(16-4-2-9-19-16)11-12(14)7-10-20-17/h2,4-6,9,11,15,17-18H,1,3,7-8,10H2/t15-,17+/m0/s1. The summed E-state index contributed by atoms with van der Waals surface area (Å²) in [6.45, 7) is 1.93. The predicted octanol–water partition coefficient (Wildman–Crippen LogP) is 3.31. The van der Waals surface area contributed by atoms with E-state index in [1.165, 1.54) is 24.0 Å². The second kappa shape index (κ2) is 5.08. The number of benzene rings is 1. The number of rotatable bonds is 2. The molecule has 2 aromatic rings. The maximum absolute atomic E-state index is 6.03. The second-order valence-corrected chi connectivity index (χ2v) is 5.64. The average molecular weight is 269 g/mol. The molecule has 1 fully saturated rings. The van der Waals surface area contributed by atoms with E-state index in [0.29, 0.717) is 6.04 Å². The van der Waals surface area contributed by atoms with Crippen LogP contribution in [0.2, 0.25) is 0 Å². The van der Waals surface area contributed by atoms with Crippen LogP contribution in [-0.4, -0.2) is 19.2 Å². The van der Waals surface area contributed by atoms with Crippen LogP contribution in [0.3, 0.4) is 0 Å². The van der Waals surface area contributed by atoms with Crippen molar-refractivity contribution in [2.45, 2.75) is 31.4 Å². The molecule has 1 aromatic carbocycles. The molecule has 20 heavy (non-hydrogen) atoms. The van der Waals surface area contributed by atoms with Crippen molar-refractivity contribution in [2.24, 2.45) is 0 Å². The lowest BCUT2D eigenvalue weighted by atomic mass is 9.91. The molecule has 0 saturated carbocycles. The summed E-state index contributed by atoms with van der Waals surface area (Å²) in [6.07, 6.45) is 5.40. The van der Waals surface area contributed by atoms with Crippen molar-refractivity contribution in [1.82, 2.24) is 5.32 Å². The van der Waals surface area contributed by atoms with Crippen LogP contribution in [0.5, 0.6) is 0 Å². The molecule has 1 aromatic heterocycles. The van der Waals surface area contributed by atoms with Crippen LogP contribution < -0.4 is 5.32 Å². The Labute approximate surface area is 118 Å². The van der Waals surface area contributed by atoms with Gasteiger partial charge in [-0.25, -0.2) is 0 Å². The zero-order valence-electron chi connectivity index (χ0n) is 11.5. The van der Waals surface area contributed by atoms with E-state index in [9.17, 15) is 0 Å². The van der Waals surface area contributed by atoms with E-state index in [1.807, 2.05) is 12.1 Å². The van der Waals surface area contributed by atoms with E-state index in [1.54, 1.807) is 6.26 Å². The Hall–Kier alpha value is -1.58. The van der Waals surface area contributed by atoms with Gasteiger partial charge in [-0.05, 0) is 55.1 Å². The third kappa shape index (κ3) is 2.07. The Morgan fingerprint density at radius 2 is 2.20 bits per heavy atom. The summed E-state index contributed by atoms with van der Waals surface area (Å²) in [6, 6.07) is 11.0. The van der Waals surface area contributed by atoms with Gasteiger partial charge in [0, 0.05) is 11.6 Å². The van der Waals surface area contributed by atoms with Gasteiger partial charge in [-0.3, -0.25) is 0 Å². The van der Waals surface area contributed by atoms with Crippen molar-refractivity contribution in [3.8, 4) is 11.3 Å². The van der Waals surface area contributed by atoms with Crippen molar-refractivity contribution in [2.75, 3.05) is 13.2 Å². The first-order valence-electron chi connectivity index (χ1n) is 7.43. The second-order valence-electron chi connectivity index (χ2n) is 5.64. The van der Waals surface area contributed by atoms with Gasteiger partial charge >= 0.3 is 0 Å². The molecule has 3 heterocycles. The molecule has 2 aliphatic heterocycles. The normalized spacial score (nSPS) is 25.6. The quantitative estimate of drug-likeness (QED) is 0.908. The molecule has 0 bridgehead atoms. The lowest BCUT2D eigenvalue weighted by molar-refractivity contribution is 0.0199. The van der Waals surface area contributed by atoms with E-state index in [2.05, 4.69) is 23.5 Å². The van der Waals surface area contributed by atoms with Gasteiger partial charge in [0.2, 0.25) is 0 Å². The molecule has 0 amide bonds. The highest BCUT2D eigenvalue weighted by atomic mass is 16.5. The van der Waals surface area contributed by atoms with Crippen LogP contribution in [0, 0.1) is 0 Å². The summed E-state index contributed by atoms with van der Waals surface area (Å²) in [4.78, 5) is 0. The van der Waals surface area contributed by atoms with Crippen molar-refractivity contribution < 1.29 is 9.15 Å². The molecule has 0 spiro atoms. The summed E-state index contributed by atoms with van der Waals surface area (Å²) < 4.78 is 11.5. The Kier molecular flexibility index (Phi) is 3.09. The summed E-state index contributed by atoms with van der Waals surface area (Å²) in [5.41, 5.74) is 3.92. The maximum atomic E-state index is 6.03. The molecule has 0 aliphatic carbocycles. The predicted molar refractivity (Wildman–Crippen MR) is 77.6 cm³/mol. The molecule has 1 saturated heterocycles. The van der Waals surface area contributed by atoms with Gasteiger partial charge in [-0.2, -0.15) is 0 Å². The SMILES string of the molecule is c1coc(-c2ccc3c(c2)CCO[C@H]3[C@@H]2CCCN2)c1. The molecular formula is C17H19NO2.